The van der Waals surface area contributed by atoms with Crippen LogP contribution in [-0.4, -0.2) is 40.3 Å². The standard InChI is InChI=1S/C18H21F2N3O2/c1-2-25-16-7-4-3-6-15(16)18(19,20)17(24)22-12-8-14(9-13-22)23-11-5-10-21-23/h3-7,10-11,14H,2,8-9,12-13H2,1H3. The smallest absolute Gasteiger partial charge is 0.353 e. The highest BCUT2D eigenvalue weighted by molar-refractivity contribution is 5.85. The fourth-order valence-corrected chi connectivity index (χ4v) is 3.15. The van der Waals surface area contributed by atoms with Gasteiger partial charge in [-0.3, -0.25) is 9.48 Å². The van der Waals surface area contributed by atoms with E-state index in [0.29, 0.717) is 12.8 Å². The summed E-state index contributed by atoms with van der Waals surface area (Å²) >= 11 is 0. The maximum Gasteiger partial charge on any atom is 0.353 e. The first-order valence-corrected chi connectivity index (χ1v) is 8.42. The van der Waals surface area contributed by atoms with E-state index in [1.54, 1.807) is 19.2 Å². The molecular weight excluding hydrogens is 328 g/mol. The Kier molecular flexibility index (Phi) is 5.01. The number of carbonyl (C=O) groups excluding carboxylic acids is 1. The molecule has 1 aromatic heterocycles. The highest BCUT2D eigenvalue weighted by Gasteiger charge is 2.46. The second-order valence-corrected chi connectivity index (χ2v) is 6.01. The molecule has 2 aromatic rings. The van der Waals surface area contributed by atoms with Gasteiger partial charge in [-0.1, -0.05) is 12.1 Å². The zero-order chi connectivity index (χ0) is 17.9. The van der Waals surface area contributed by atoms with Gasteiger partial charge in [-0.25, -0.2) is 0 Å². The van der Waals surface area contributed by atoms with Gasteiger partial charge in [0.15, 0.2) is 0 Å². The maximum absolute atomic E-state index is 14.8. The summed E-state index contributed by atoms with van der Waals surface area (Å²) in [6, 6.07) is 7.79. The lowest BCUT2D eigenvalue weighted by Crippen LogP contribution is -2.46. The van der Waals surface area contributed by atoms with Crippen molar-refractivity contribution in [3.63, 3.8) is 0 Å². The first-order chi connectivity index (χ1) is 12.0. The first-order valence-electron chi connectivity index (χ1n) is 8.42. The van der Waals surface area contributed by atoms with Gasteiger partial charge in [-0.2, -0.15) is 13.9 Å². The Balaban J connectivity index is 1.72. The van der Waals surface area contributed by atoms with E-state index in [9.17, 15) is 13.6 Å². The Hall–Kier alpha value is -2.44. The normalized spacial score (nSPS) is 16.0. The lowest BCUT2D eigenvalue weighted by molar-refractivity contribution is -0.160. The number of hydrogen-bond acceptors (Lipinski definition) is 3. The summed E-state index contributed by atoms with van der Waals surface area (Å²) in [4.78, 5) is 13.7. The molecule has 0 bridgehead atoms. The number of halogens is 2. The Morgan fingerprint density at radius 2 is 2.00 bits per heavy atom. The Morgan fingerprint density at radius 1 is 1.28 bits per heavy atom. The van der Waals surface area contributed by atoms with E-state index in [2.05, 4.69) is 5.10 Å². The van der Waals surface area contributed by atoms with Crippen molar-refractivity contribution in [1.29, 1.82) is 0 Å². The number of likely N-dealkylation sites (tertiary alicyclic amines) is 1. The van der Waals surface area contributed by atoms with Gasteiger partial charge in [0.2, 0.25) is 0 Å². The van der Waals surface area contributed by atoms with Gasteiger partial charge in [0.1, 0.15) is 5.75 Å². The monoisotopic (exact) mass is 349 g/mol. The third-order valence-corrected chi connectivity index (χ3v) is 4.44. The summed E-state index contributed by atoms with van der Waals surface area (Å²) < 4.78 is 36.7. The van der Waals surface area contributed by atoms with Crippen molar-refractivity contribution in [2.75, 3.05) is 19.7 Å². The molecule has 134 valence electrons. The van der Waals surface area contributed by atoms with Crippen LogP contribution in [0.2, 0.25) is 0 Å². The molecule has 0 radical (unpaired) electrons. The molecule has 1 aliphatic heterocycles. The molecule has 0 spiro atoms. The molecule has 0 atom stereocenters. The van der Waals surface area contributed by atoms with E-state index in [0.717, 1.165) is 0 Å². The van der Waals surface area contributed by atoms with Gasteiger partial charge in [0, 0.05) is 25.5 Å². The fourth-order valence-electron chi connectivity index (χ4n) is 3.15. The van der Waals surface area contributed by atoms with E-state index in [1.165, 1.54) is 23.1 Å². The maximum atomic E-state index is 14.8. The second-order valence-electron chi connectivity index (χ2n) is 6.01. The minimum atomic E-state index is -3.61. The molecule has 0 aliphatic carbocycles. The second kappa shape index (κ2) is 7.21. The molecule has 1 fully saturated rings. The van der Waals surface area contributed by atoms with Gasteiger partial charge in [-0.05, 0) is 38.0 Å². The highest BCUT2D eigenvalue weighted by Crippen LogP contribution is 2.37. The molecular formula is C18H21F2N3O2. The Morgan fingerprint density at radius 3 is 2.64 bits per heavy atom. The van der Waals surface area contributed by atoms with Crippen LogP contribution in [0.3, 0.4) is 0 Å². The van der Waals surface area contributed by atoms with Crippen LogP contribution < -0.4 is 4.74 Å². The van der Waals surface area contributed by atoms with Gasteiger partial charge in [0.05, 0.1) is 18.2 Å². The summed E-state index contributed by atoms with van der Waals surface area (Å²) in [6.45, 7) is 2.55. The van der Waals surface area contributed by atoms with Crippen molar-refractivity contribution in [2.45, 2.75) is 31.7 Å². The number of rotatable bonds is 5. The lowest BCUT2D eigenvalue weighted by atomic mass is 10.0. The predicted octanol–water partition coefficient (Wildman–Crippen LogP) is 3.24. The molecule has 1 saturated heterocycles. The number of alkyl halides is 2. The molecule has 7 heteroatoms. The molecule has 25 heavy (non-hydrogen) atoms. The van der Waals surface area contributed by atoms with E-state index >= 15 is 0 Å². The number of benzene rings is 1. The van der Waals surface area contributed by atoms with Crippen LogP contribution in [0.25, 0.3) is 0 Å². The molecule has 3 rings (SSSR count). The number of nitrogens with zero attached hydrogens (tertiary/aromatic N) is 3. The zero-order valence-corrected chi connectivity index (χ0v) is 14.1. The number of para-hydroxylation sites is 1. The first kappa shape index (κ1) is 17.4. The predicted molar refractivity (Wildman–Crippen MR) is 88.6 cm³/mol. The van der Waals surface area contributed by atoms with Gasteiger partial charge in [0.25, 0.3) is 5.91 Å². The summed E-state index contributed by atoms with van der Waals surface area (Å²) in [5, 5.41) is 4.19. The molecule has 1 aliphatic rings. The van der Waals surface area contributed by atoms with Crippen LogP contribution >= 0.6 is 0 Å². The van der Waals surface area contributed by atoms with Gasteiger partial charge >= 0.3 is 5.92 Å². The van der Waals surface area contributed by atoms with Crippen molar-refractivity contribution >= 4 is 5.91 Å². The van der Waals surface area contributed by atoms with Crippen LogP contribution in [0.5, 0.6) is 5.75 Å². The minimum absolute atomic E-state index is 0.0507. The number of hydrogen-bond donors (Lipinski definition) is 0. The van der Waals surface area contributed by atoms with E-state index in [-0.39, 0.29) is 37.1 Å². The SMILES string of the molecule is CCOc1ccccc1C(F)(F)C(=O)N1CCC(n2cccn2)CC1. The number of carbonyl (C=O) groups is 1. The van der Waals surface area contributed by atoms with E-state index in [1.807, 2.05) is 16.9 Å². The number of aromatic nitrogens is 2. The molecule has 0 N–H and O–H groups in total. The summed E-state index contributed by atoms with van der Waals surface area (Å²) in [5.41, 5.74) is -0.379. The number of piperidine rings is 1. The third-order valence-electron chi connectivity index (χ3n) is 4.44. The van der Waals surface area contributed by atoms with Crippen LogP contribution in [0.1, 0.15) is 31.4 Å². The largest absolute Gasteiger partial charge is 0.493 e. The minimum Gasteiger partial charge on any atom is -0.493 e. The average Bonchev–Trinajstić information content (AvgIpc) is 3.16. The third kappa shape index (κ3) is 3.50. The van der Waals surface area contributed by atoms with Crippen LogP contribution in [0.4, 0.5) is 8.78 Å². The molecule has 5 nitrogen and oxygen atoms in total. The Bertz CT molecular complexity index is 711. The topological polar surface area (TPSA) is 47.4 Å². The average molecular weight is 349 g/mol. The summed E-state index contributed by atoms with van der Waals surface area (Å²) in [5.74, 6) is -4.72. The van der Waals surface area contributed by atoms with Crippen LogP contribution in [0, 0.1) is 0 Å². The van der Waals surface area contributed by atoms with Crippen LogP contribution in [-0.2, 0) is 10.7 Å². The van der Waals surface area contributed by atoms with Crippen molar-refractivity contribution in [2.24, 2.45) is 0 Å². The van der Waals surface area contributed by atoms with E-state index in [4.69, 9.17) is 4.74 Å². The molecule has 0 saturated carbocycles. The van der Waals surface area contributed by atoms with Crippen molar-refractivity contribution < 1.29 is 18.3 Å². The van der Waals surface area contributed by atoms with Crippen molar-refractivity contribution in [1.82, 2.24) is 14.7 Å². The lowest BCUT2D eigenvalue weighted by Gasteiger charge is -2.34. The molecule has 1 aromatic carbocycles. The molecule has 2 heterocycles. The fraction of sp³-hybridized carbons (Fsp3) is 0.444. The quantitative estimate of drug-likeness (QED) is 0.833. The summed E-state index contributed by atoms with van der Waals surface area (Å²) in [6.07, 6.45) is 4.76. The zero-order valence-electron chi connectivity index (χ0n) is 14.1. The van der Waals surface area contributed by atoms with Crippen LogP contribution in [0.15, 0.2) is 42.7 Å². The summed E-state index contributed by atoms with van der Waals surface area (Å²) in [7, 11) is 0. The van der Waals surface area contributed by atoms with Crippen molar-refractivity contribution in [3.05, 3.63) is 48.3 Å². The van der Waals surface area contributed by atoms with Gasteiger partial charge < -0.3 is 9.64 Å². The van der Waals surface area contributed by atoms with E-state index < -0.39 is 11.8 Å². The highest BCUT2D eigenvalue weighted by atomic mass is 19.3. The Labute approximate surface area is 145 Å². The number of ether oxygens (including phenoxy) is 1. The molecule has 0 unspecified atom stereocenters. The van der Waals surface area contributed by atoms with Gasteiger partial charge in [-0.15, -0.1) is 0 Å². The van der Waals surface area contributed by atoms with Crippen molar-refractivity contribution in [3.8, 4) is 5.75 Å². The molecule has 1 amide bonds. The number of amides is 1.